The van der Waals surface area contributed by atoms with Crippen LogP contribution in [0.25, 0.3) is 0 Å². The third-order valence-corrected chi connectivity index (χ3v) is 2.71. The Hall–Kier alpha value is -0.640. The number of benzene rings is 1. The van der Waals surface area contributed by atoms with E-state index in [9.17, 15) is 4.79 Å². The van der Waals surface area contributed by atoms with E-state index >= 15 is 0 Å². The minimum absolute atomic E-state index is 0.228. The van der Waals surface area contributed by atoms with E-state index < -0.39 is 9.76 Å². The van der Waals surface area contributed by atoms with Gasteiger partial charge in [-0.2, -0.15) is 0 Å². The first-order valence-electron chi connectivity index (χ1n) is 6.20. The third kappa shape index (κ3) is 7.83. The first-order valence-corrected chi connectivity index (χ1v) is 7.33. The van der Waals surface area contributed by atoms with Crippen LogP contribution in [0.5, 0.6) is 5.75 Å². The van der Waals surface area contributed by atoms with Gasteiger partial charge in [-0.1, -0.05) is 40.9 Å². The molecular formula is C14H17Cl3O3. The Balaban J connectivity index is 2.23. The van der Waals surface area contributed by atoms with Gasteiger partial charge in [0, 0.05) is 6.42 Å². The molecule has 0 aliphatic rings. The summed E-state index contributed by atoms with van der Waals surface area (Å²) in [5.41, 5.74) is 2.28. The van der Waals surface area contributed by atoms with Crippen LogP contribution in [-0.2, 0) is 9.53 Å². The molecule has 1 aromatic rings. The van der Waals surface area contributed by atoms with Crippen molar-refractivity contribution in [2.24, 2.45) is 0 Å². The van der Waals surface area contributed by atoms with Crippen molar-refractivity contribution in [2.45, 2.75) is 30.5 Å². The molecular weight excluding hydrogens is 323 g/mol. The highest BCUT2D eigenvalue weighted by Gasteiger charge is 2.21. The number of aryl methyl sites for hydroxylation is 2. The van der Waals surface area contributed by atoms with Crippen molar-refractivity contribution in [1.82, 2.24) is 0 Å². The zero-order valence-electron chi connectivity index (χ0n) is 11.4. The number of hydrogen-bond acceptors (Lipinski definition) is 3. The summed E-state index contributed by atoms with van der Waals surface area (Å²) < 4.78 is 8.82. The van der Waals surface area contributed by atoms with Crippen LogP contribution in [-0.4, -0.2) is 23.0 Å². The topological polar surface area (TPSA) is 35.5 Å². The molecule has 6 heteroatoms. The predicted octanol–water partition coefficient (Wildman–Crippen LogP) is 4.38. The van der Waals surface area contributed by atoms with Gasteiger partial charge in [0.05, 0.1) is 6.61 Å². The highest BCUT2D eigenvalue weighted by atomic mass is 35.6. The van der Waals surface area contributed by atoms with Crippen molar-refractivity contribution in [2.75, 3.05) is 13.2 Å². The van der Waals surface area contributed by atoms with E-state index in [2.05, 4.69) is 6.07 Å². The van der Waals surface area contributed by atoms with Gasteiger partial charge in [0.15, 0.2) is 0 Å². The molecule has 0 unspecified atom stereocenters. The summed E-state index contributed by atoms with van der Waals surface area (Å²) >= 11 is 16.4. The average Bonchev–Trinajstić information content (AvgIpc) is 2.30. The quantitative estimate of drug-likeness (QED) is 0.438. The molecule has 0 saturated heterocycles. The SMILES string of the molecule is Cc1cc(C)cc(OCCCC(=O)OCC(Cl)(Cl)Cl)c1. The van der Waals surface area contributed by atoms with Gasteiger partial charge in [0.25, 0.3) is 0 Å². The third-order valence-electron chi connectivity index (χ3n) is 2.39. The van der Waals surface area contributed by atoms with Gasteiger partial charge in [-0.15, -0.1) is 0 Å². The normalized spacial score (nSPS) is 11.2. The lowest BCUT2D eigenvalue weighted by molar-refractivity contribution is -0.143. The van der Waals surface area contributed by atoms with Crippen molar-refractivity contribution in [1.29, 1.82) is 0 Å². The molecule has 3 nitrogen and oxygen atoms in total. The van der Waals surface area contributed by atoms with Crippen molar-refractivity contribution in [3.8, 4) is 5.75 Å². The Kier molecular flexibility index (Phi) is 6.93. The fourth-order valence-corrected chi connectivity index (χ4v) is 1.82. The summed E-state index contributed by atoms with van der Waals surface area (Å²) in [6.45, 7) is 4.21. The number of rotatable bonds is 6. The van der Waals surface area contributed by atoms with E-state index in [-0.39, 0.29) is 13.0 Å². The smallest absolute Gasteiger partial charge is 0.306 e. The summed E-state index contributed by atoms with van der Waals surface area (Å²) in [4.78, 5) is 11.4. The Bertz CT molecular complexity index is 435. The van der Waals surface area contributed by atoms with E-state index in [0.717, 1.165) is 16.9 Å². The Morgan fingerprint density at radius 2 is 1.75 bits per heavy atom. The summed E-state index contributed by atoms with van der Waals surface area (Å²) in [6, 6.07) is 5.98. The van der Waals surface area contributed by atoms with Gasteiger partial charge in [-0.3, -0.25) is 4.79 Å². The zero-order chi connectivity index (χ0) is 15.2. The van der Waals surface area contributed by atoms with Crippen LogP contribution in [0.3, 0.4) is 0 Å². The van der Waals surface area contributed by atoms with Crippen LogP contribution in [0.4, 0.5) is 0 Å². The molecule has 112 valence electrons. The summed E-state index contributed by atoms with van der Waals surface area (Å²) in [5, 5.41) is 0. The van der Waals surface area contributed by atoms with Crippen LogP contribution < -0.4 is 4.74 Å². The molecule has 0 amide bonds. The molecule has 0 aliphatic heterocycles. The lowest BCUT2D eigenvalue weighted by atomic mass is 10.1. The molecule has 0 atom stereocenters. The largest absolute Gasteiger partial charge is 0.494 e. The maximum Gasteiger partial charge on any atom is 0.306 e. The summed E-state index contributed by atoms with van der Waals surface area (Å²) in [6.07, 6.45) is 0.775. The van der Waals surface area contributed by atoms with Crippen LogP contribution in [0.2, 0.25) is 0 Å². The molecule has 1 rings (SSSR count). The number of alkyl halides is 3. The Morgan fingerprint density at radius 3 is 2.30 bits per heavy atom. The van der Waals surface area contributed by atoms with Crippen LogP contribution in [0.15, 0.2) is 18.2 Å². The van der Waals surface area contributed by atoms with Crippen molar-refractivity contribution in [3.63, 3.8) is 0 Å². The molecule has 0 saturated carbocycles. The van der Waals surface area contributed by atoms with E-state index in [4.69, 9.17) is 44.3 Å². The molecule has 0 heterocycles. The van der Waals surface area contributed by atoms with Gasteiger partial charge in [0.1, 0.15) is 12.4 Å². The highest BCUT2D eigenvalue weighted by Crippen LogP contribution is 2.26. The number of esters is 1. The second-order valence-electron chi connectivity index (χ2n) is 4.55. The molecule has 0 aliphatic carbocycles. The number of hydrogen-bond donors (Lipinski definition) is 0. The Labute approximate surface area is 134 Å². The summed E-state index contributed by atoms with van der Waals surface area (Å²) in [5.74, 6) is 0.400. The second kappa shape index (κ2) is 7.96. The molecule has 0 N–H and O–H groups in total. The molecule has 0 fully saturated rings. The molecule has 1 aromatic carbocycles. The van der Waals surface area contributed by atoms with Crippen molar-refractivity contribution >= 4 is 40.8 Å². The fraction of sp³-hybridized carbons (Fsp3) is 0.500. The molecule has 0 radical (unpaired) electrons. The zero-order valence-corrected chi connectivity index (χ0v) is 13.7. The highest BCUT2D eigenvalue weighted by molar-refractivity contribution is 6.67. The van der Waals surface area contributed by atoms with Gasteiger partial charge in [-0.05, 0) is 43.5 Å². The maximum atomic E-state index is 11.4. The maximum absolute atomic E-state index is 11.4. The Morgan fingerprint density at radius 1 is 1.15 bits per heavy atom. The first kappa shape index (κ1) is 17.4. The lowest BCUT2D eigenvalue weighted by Crippen LogP contribution is -2.17. The van der Waals surface area contributed by atoms with E-state index in [0.29, 0.717) is 13.0 Å². The molecule has 0 bridgehead atoms. The predicted molar refractivity (Wildman–Crippen MR) is 81.9 cm³/mol. The van der Waals surface area contributed by atoms with E-state index in [1.165, 1.54) is 0 Å². The van der Waals surface area contributed by atoms with Crippen molar-refractivity contribution in [3.05, 3.63) is 29.3 Å². The van der Waals surface area contributed by atoms with Crippen LogP contribution in [0.1, 0.15) is 24.0 Å². The average molecular weight is 340 g/mol. The number of ether oxygens (including phenoxy) is 2. The van der Waals surface area contributed by atoms with Gasteiger partial charge in [0.2, 0.25) is 3.79 Å². The standard InChI is InChI=1S/C14H17Cl3O3/c1-10-6-11(2)8-12(7-10)19-5-3-4-13(18)20-9-14(15,16)17/h6-8H,3-5,9H2,1-2H3. The van der Waals surface area contributed by atoms with E-state index in [1.54, 1.807) is 0 Å². The van der Waals surface area contributed by atoms with Gasteiger partial charge in [-0.25, -0.2) is 0 Å². The number of carbonyl (C=O) groups excluding carboxylic acids is 1. The lowest BCUT2D eigenvalue weighted by Gasteiger charge is -2.11. The summed E-state index contributed by atoms with van der Waals surface area (Å²) in [7, 11) is 0. The minimum Gasteiger partial charge on any atom is -0.494 e. The minimum atomic E-state index is -1.56. The first-order chi connectivity index (χ1) is 9.26. The van der Waals surface area contributed by atoms with Crippen molar-refractivity contribution < 1.29 is 14.3 Å². The van der Waals surface area contributed by atoms with E-state index in [1.807, 2.05) is 26.0 Å². The fourth-order valence-electron chi connectivity index (χ4n) is 1.66. The number of halogens is 3. The number of carbonyl (C=O) groups is 1. The second-order valence-corrected chi connectivity index (χ2v) is 7.07. The monoisotopic (exact) mass is 338 g/mol. The molecule has 0 aromatic heterocycles. The van der Waals surface area contributed by atoms with Crippen LogP contribution in [0, 0.1) is 13.8 Å². The molecule has 20 heavy (non-hydrogen) atoms. The van der Waals surface area contributed by atoms with Crippen LogP contribution >= 0.6 is 34.8 Å². The molecule has 0 spiro atoms. The van der Waals surface area contributed by atoms with Gasteiger partial charge >= 0.3 is 5.97 Å². The van der Waals surface area contributed by atoms with Gasteiger partial charge < -0.3 is 9.47 Å².